The molecule has 10 aromatic carbocycles. The second-order valence-electron chi connectivity index (χ2n) is 15.1. The van der Waals surface area contributed by atoms with E-state index >= 15 is 0 Å². The minimum absolute atomic E-state index is 0.187. The van der Waals surface area contributed by atoms with Crippen LogP contribution in [-0.2, 0) is 0 Å². The van der Waals surface area contributed by atoms with E-state index in [1.54, 1.807) is 0 Å². The average molecular weight is 779 g/mol. The van der Waals surface area contributed by atoms with E-state index in [4.69, 9.17) is 4.42 Å². The van der Waals surface area contributed by atoms with Crippen LogP contribution < -0.4 is 0 Å². The number of hydrogen-bond donors (Lipinski definition) is 5. The van der Waals surface area contributed by atoms with Gasteiger partial charge in [0.2, 0.25) is 17.2 Å². The number of fused-ring (bicyclic) bond motifs is 6. The lowest BCUT2D eigenvalue weighted by Gasteiger charge is -2.21. The summed E-state index contributed by atoms with van der Waals surface area (Å²) >= 11 is 0. The highest BCUT2D eigenvalue weighted by molar-refractivity contribution is 6.26. The van der Waals surface area contributed by atoms with E-state index in [0.717, 1.165) is 88.0 Å². The predicted molar refractivity (Wildman–Crippen MR) is 242 cm³/mol. The molecule has 0 amide bonds. The Morgan fingerprint density at radius 2 is 0.733 bits per heavy atom. The van der Waals surface area contributed by atoms with Crippen molar-refractivity contribution in [1.82, 2.24) is 0 Å². The molecule has 0 fully saturated rings. The van der Waals surface area contributed by atoms with E-state index in [-0.39, 0.29) is 5.56 Å². The van der Waals surface area contributed by atoms with Crippen LogP contribution in [0.4, 0.5) is 0 Å². The molecule has 0 bridgehead atoms. The number of phenolic OH excluding ortho intramolecular Hbond substituents is 5. The zero-order chi connectivity index (χ0) is 40.6. The summed E-state index contributed by atoms with van der Waals surface area (Å²) in [7, 11) is 0. The van der Waals surface area contributed by atoms with Crippen molar-refractivity contribution in [2.45, 2.75) is 0 Å². The molecular weight excluding hydrogens is 745 g/mol. The minimum atomic E-state index is -1.00. The van der Waals surface area contributed by atoms with Gasteiger partial charge in [0.05, 0.1) is 5.56 Å². The van der Waals surface area contributed by atoms with Crippen LogP contribution in [-0.4, -0.2) is 25.5 Å². The molecule has 1 aromatic heterocycles. The van der Waals surface area contributed by atoms with Gasteiger partial charge >= 0.3 is 0 Å². The third-order valence-electron chi connectivity index (χ3n) is 11.8. The van der Waals surface area contributed by atoms with Crippen LogP contribution in [0.3, 0.4) is 0 Å². The quantitative estimate of drug-likeness (QED) is 0.0675. The number of para-hydroxylation sites is 1. The van der Waals surface area contributed by atoms with Crippen molar-refractivity contribution in [1.29, 1.82) is 0 Å². The van der Waals surface area contributed by atoms with E-state index in [1.165, 1.54) is 0 Å². The molecule has 0 radical (unpaired) electrons. The van der Waals surface area contributed by atoms with Crippen molar-refractivity contribution in [3.8, 4) is 84.4 Å². The average Bonchev–Trinajstić information content (AvgIpc) is 3.69. The van der Waals surface area contributed by atoms with Crippen LogP contribution in [0, 0.1) is 0 Å². The monoisotopic (exact) mass is 778 g/mol. The molecule has 0 spiro atoms. The number of furan rings is 1. The van der Waals surface area contributed by atoms with E-state index in [1.807, 2.05) is 78.9 Å². The fourth-order valence-corrected chi connectivity index (χ4v) is 9.19. The highest BCUT2D eigenvalue weighted by Gasteiger charge is 2.28. The zero-order valence-electron chi connectivity index (χ0n) is 31.9. The summed E-state index contributed by atoms with van der Waals surface area (Å²) in [6.07, 6.45) is 0. The van der Waals surface area contributed by atoms with Gasteiger partial charge in [-0.3, -0.25) is 0 Å². The van der Waals surface area contributed by atoms with Crippen LogP contribution in [0.15, 0.2) is 180 Å². The first-order valence-corrected chi connectivity index (χ1v) is 19.6. The number of aromatic hydroxyl groups is 5. The Kier molecular flexibility index (Phi) is 7.83. The Bertz CT molecular complexity index is 3460. The minimum Gasteiger partial charge on any atom is -0.504 e. The third-order valence-corrected chi connectivity index (χ3v) is 11.8. The highest BCUT2D eigenvalue weighted by Crippen LogP contribution is 2.58. The van der Waals surface area contributed by atoms with Crippen LogP contribution in [0.25, 0.3) is 110 Å². The molecule has 0 aliphatic heterocycles. The number of rotatable bonds is 5. The first kappa shape index (κ1) is 35.0. The van der Waals surface area contributed by atoms with E-state index in [0.29, 0.717) is 16.3 Å². The summed E-state index contributed by atoms with van der Waals surface area (Å²) in [5.74, 6) is -4.34. The maximum Gasteiger partial charge on any atom is 0.208 e. The molecular formula is C54H34O6. The lowest BCUT2D eigenvalue weighted by molar-refractivity contribution is 0.330. The van der Waals surface area contributed by atoms with Gasteiger partial charge in [-0.15, -0.1) is 0 Å². The van der Waals surface area contributed by atoms with Crippen LogP contribution in [0.2, 0.25) is 0 Å². The highest BCUT2D eigenvalue weighted by atomic mass is 16.4. The SMILES string of the molecule is Oc1c(O)c(O)c(-c2c3ccccc3c(-c3ccc(-c4ccc5oc6ccccc6c5c4-c4cccc(-c5ccccc5)c4)c4ccccc34)c3ccccc23)c(O)c1O. The standard InChI is InChI=1S/C54H34O6/c55-50-49(51(56)53(58)54(59)52(50)57)47-38-21-8-6-19-36(38)46(37-20-7-9-22-39(37)47)41-26-25-35(33-17-4-5-18-34(33)41)40-27-28-44-48(42-23-10-11-24-43(42)60-44)45(40)32-16-12-15-31(29-32)30-13-2-1-3-14-30/h1-29,55-59H. The molecule has 11 aromatic rings. The summed E-state index contributed by atoms with van der Waals surface area (Å²) < 4.78 is 6.47. The van der Waals surface area contributed by atoms with Crippen molar-refractivity contribution >= 4 is 54.3 Å². The summed E-state index contributed by atoms with van der Waals surface area (Å²) in [5.41, 5.74) is 10.3. The van der Waals surface area contributed by atoms with Gasteiger partial charge in [-0.25, -0.2) is 0 Å². The smallest absolute Gasteiger partial charge is 0.208 e. The van der Waals surface area contributed by atoms with Crippen LogP contribution >= 0.6 is 0 Å². The van der Waals surface area contributed by atoms with Gasteiger partial charge in [0.15, 0.2) is 11.5 Å². The first-order chi connectivity index (χ1) is 29.4. The maximum atomic E-state index is 11.2. The van der Waals surface area contributed by atoms with Crippen molar-refractivity contribution in [2.75, 3.05) is 0 Å². The molecule has 0 unspecified atom stereocenters. The maximum absolute atomic E-state index is 11.2. The Hall–Kier alpha value is -8.22. The lowest BCUT2D eigenvalue weighted by Crippen LogP contribution is -1.94. The van der Waals surface area contributed by atoms with E-state index in [9.17, 15) is 25.5 Å². The molecule has 0 aliphatic carbocycles. The summed E-state index contributed by atoms with van der Waals surface area (Å²) in [4.78, 5) is 0. The predicted octanol–water partition coefficient (Wildman–Crippen LogP) is 13.9. The Morgan fingerprint density at radius 1 is 0.267 bits per heavy atom. The second-order valence-corrected chi connectivity index (χ2v) is 15.1. The fourth-order valence-electron chi connectivity index (χ4n) is 9.19. The van der Waals surface area contributed by atoms with Crippen molar-refractivity contribution in [3.63, 3.8) is 0 Å². The fraction of sp³-hybridized carbons (Fsp3) is 0. The van der Waals surface area contributed by atoms with Gasteiger partial charge < -0.3 is 29.9 Å². The van der Waals surface area contributed by atoms with Crippen LogP contribution in [0.1, 0.15) is 0 Å². The van der Waals surface area contributed by atoms with E-state index < -0.39 is 28.7 Å². The Morgan fingerprint density at radius 3 is 1.38 bits per heavy atom. The second kappa shape index (κ2) is 13.4. The molecule has 286 valence electrons. The zero-order valence-corrected chi connectivity index (χ0v) is 31.9. The third kappa shape index (κ3) is 5.14. The van der Waals surface area contributed by atoms with Gasteiger partial charge in [0.25, 0.3) is 0 Å². The van der Waals surface area contributed by atoms with Crippen molar-refractivity contribution in [2.24, 2.45) is 0 Å². The first-order valence-electron chi connectivity index (χ1n) is 19.6. The lowest BCUT2D eigenvalue weighted by atomic mass is 9.82. The topological polar surface area (TPSA) is 114 Å². The normalized spacial score (nSPS) is 11.7. The number of phenols is 5. The number of benzene rings is 10. The largest absolute Gasteiger partial charge is 0.504 e. The van der Waals surface area contributed by atoms with E-state index in [2.05, 4.69) is 97.1 Å². The van der Waals surface area contributed by atoms with Gasteiger partial charge in [-0.2, -0.15) is 0 Å². The summed E-state index contributed by atoms with van der Waals surface area (Å²) in [6.45, 7) is 0. The van der Waals surface area contributed by atoms with Crippen molar-refractivity contribution < 1.29 is 29.9 Å². The Labute approximate surface area is 343 Å². The van der Waals surface area contributed by atoms with Gasteiger partial charge in [0.1, 0.15) is 11.2 Å². The van der Waals surface area contributed by atoms with Gasteiger partial charge in [0, 0.05) is 21.9 Å². The molecule has 0 saturated heterocycles. The van der Waals surface area contributed by atoms with Crippen molar-refractivity contribution in [3.05, 3.63) is 176 Å². The molecule has 60 heavy (non-hydrogen) atoms. The van der Waals surface area contributed by atoms with Gasteiger partial charge in [-0.05, 0) is 95.5 Å². The molecule has 1 heterocycles. The molecule has 0 atom stereocenters. The molecule has 6 nitrogen and oxygen atoms in total. The summed E-state index contributed by atoms with van der Waals surface area (Å²) in [5, 5.41) is 61.1. The molecule has 0 aliphatic rings. The number of hydrogen-bond acceptors (Lipinski definition) is 6. The molecule has 5 N–H and O–H groups in total. The van der Waals surface area contributed by atoms with Crippen LogP contribution in [0.5, 0.6) is 28.7 Å². The molecule has 0 saturated carbocycles. The molecule has 11 rings (SSSR count). The molecule has 6 heteroatoms. The van der Waals surface area contributed by atoms with Gasteiger partial charge in [-0.1, -0.05) is 152 Å². The Balaban J connectivity index is 1.21. The summed E-state index contributed by atoms with van der Waals surface area (Å²) in [6, 6.07) is 59.6.